The summed E-state index contributed by atoms with van der Waals surface area (Å²) in [5.41, 5.74) is 0.0246. The summed E-state index contributed by atoms with van der Waals surface area (Å²) in [6.45, 7) is 5.19. The van der Waals surface area contributed by atoms with Gasteiger partial charge in [0.25, 0.3) is 0 Å². The maximum absolute atomic E-state index is 11.8. The van der Waals surface area contributed by atoms with Crippen LogP contribution >= 0.6 is 11.6 Å². The van der Waals surface area contributed by atoms with E-state index in [1.54, 1.807) is 27.0 Å². The first-order chi connectivity index (χ1) is 9.31. The Balaban J connectivity index is 2.67. The van der Waals surface area contributed by atoms with Crippen molar-refractivity contribution >= 4 is 23.7 Å². The van der Waals surface area contributed by atoms with E-state index in [0.717, 1.165) is 0 Å². The van der Waals surface area contributed by atoms with Gasteiger partial charge in [-0.2, -0.15) is 0 Å². The molecule has 0 aliphatic carbocycles. The Morgan fingerprint density at radius 2 is 2.20 bits per heavy atom. The van der Waals surface area contributed by atoms with Crippen molar-refractivity contribution in [1.82, 2.24) is 15.3 Å². The fraction of sp³-hybridized carbons (Fsp3) is 0.583. The zero-order valence-corrected chi connectivity index (χ0v) is 12.4. The molecule has 2 N–H and O–H groups in total. The zero-order valence-electron chi connectivity index (χ0n) is 11.6. The van der Waals surface area contributed by atoms with E-state index in [2.05, 4.69) is 15.3 Å². The number of imidazole rings is 1. The van der Waals surface area contributed by atoms with Crippen molar-refractivity contribution in [3.63, 3.8) is 0 Å². The molecule has 7 nitrogen and oxygen atoms in total. The lowest BCUT2D eigenvalue weighted by Gasteiger charge is -2.22. The van der Waals surface area contributed by atoms with Crippen molar-refractivity contribution in [1.29, 1.82) is 0 Å². The maximum Gasteiger partial charge on any atom is 0.408 e. The van der Waals surface area contributed by atoms with Crippen LogP contribution in [0.3, 0.4) is 0 Å². The fourth-order valence-electron chi connectivity index (χ4n) is 1.41. The number of aromatic nitrogens is 2. The smallest absolute Gasteiger partial charge is 0.408 e. The number of halogens is 1. The first-order valence-electron chi connectivity index (χ1n) is 6.01. The quantitative estimate of drug-likeness (QED) is 0.636. The Morgan fingerprint density at radius 1 is 1.50 bits per heavy atom. The predicted octanol–water partition coefficient (Wildman–Crippen LogP) is 1.58. The molecule has 0 spiro atoms. The van der Waals surface area contributed by atoms with E-state index in [4.69, 9.17) is 21.1 Å². The van der Waals surface area contributed by atoms with Crippen LogP contribution in [0.4, 0.5) is 4.79 Å². The van der Waals surface area contributed by atoms with Crippen molar-refractivity contribution in [2.75, 3.05) is 6.07 Å². The van der Waals surface area contributed by atoms with Gasteiger partial charge in [0.05, 0.1) is 6.33 Å². The monoisotopic (exact) mass is 303 g/mol. The number of carbonyl (C=O) groups is 2. The number of alkyl halides is 1. The molecule has 112 valence electrons. The molecule has 0 aliphatic heterocycles. The molecule has 1 unspecified atom stereocenters. The molecule has 1 atom stereocenters. The third-order valence-electron chi connectivity index (χ3n) is 2.15. The predicted molar refractivity (Wildman–Crippen MR) is 72.3 cm³/mol. The second-order valence-corrected chi connectivity index (χ2v) is 5.27. The molecule has 1 rings (SSSR count). The maximum atomic E-state index is 11.8. The van der Waals surface area contributed by atoms with Gasteiger partial charge < -0.3 is 19.8 Å². The van der Waals surface area contributed by atoms with Crippen LogP contribution in [0.2, 0.25) is 0 Å². The van der Waals surface area contributed by atoms with E-state index in [9.17, 15) is 9.59 Å². The normalized spacial score (nSPS) is 12.6. The number of hydrogen-bond acceptors (Lipinski definition) is 5. The minimum Gasteiger partial charge on any atom is -0.448 e. The average molecular weight is 304 g/mol. The highest BCUT2D eigenvalue weighted by Gasteiger charge is 2.26. The molecule has 0 fully saturated rings. The number of amides is 1. The Morgan fingerprint density at radius 3 is 2.70 bits per heavy atom. The van der Waals surface area contributed by atoms with Gasteiger partial charge >= 0.3 is 12.1 Å². The number of nitrogens with zero attached hydrogens (tertiary/aromatic N) is 1. The van der Waals surface area contributed by atoms with E-state index >= 15 is 0 Å². The van der Waals surface area contributed by atoms with E-state index in [-0.39, 0.29) is 12.5 Å². The van der Waals surface area contributed by atoms with Gasteiger partial charge in [-0.3, -0.25) is 0 Å². The van der Waals surface area contributed by atoms with Crippen LogP contribution in [-0.4, -0.2) is 39.7 Å². The van der Waals surface area contributed by atoms with Crippen LogP contribution in [0.15, 0.2) is 12.5 Å². The summed E-state index contributed by atoms with van der Waals surface area (Å²) in [5, 5.41) is 2.45. The highest BCUT2D eigenvalue weighted by Crippen LogP contribution is 2.08. The SMILES string of the molecule is CC(C)(C)OC(=O)NC(Cc1cnc[nH]1)C(=O)OCCl. The molecule has 0 bridgehead atoms. The third kappa shape index (κ3) is 5.92. The van der Waals surface area contributed by atoms with Gasteiger partial charge in [0.1, 0.15) is 11.6 Å². The Hall–Kier alpha value is -1.76. The molecule has 0 radical (unpaired) electrons. The minimum atomic E-state index is -0.899. The average Bonchev–Trinajstić information content (AvgIpc) is 2.78. The number of nitrogens with one attached hydrogen (secondary N) is 2. The molecule has 1 amide bonds. The highest BCUT2D eigenvalue weighted by atomic mass is 35.5. The first kappa shape index (κ1) is 16.3. The van der Waals surface area contributed by atoms with Crippen molar-refractivity contribution < 1.29 is 19.1 Å². The Kier molecular flexibility index (Phi) is 5.82. The van der Waals surface area contributed by atoms with Crippen molar-refractivity contribution in [3.05, 3.63) is 18.2 Å². The summed E-state index contributed by atoms with van der Waals surface area (Å²) in [6, 6.07) is -1.18. The van der Waals surface area contributed by atoms with Crippen molar-refractivity contribution in [2.45, 2.75) is 38.8 Å². The molecule has 1 aromatic heterocycles. The van der Waals surface area contributed by atoms with Crippen LogP contribution < -0.4 is 5.32 Å². The van der Waals surface area contributed by atoms with Crippen molar-refractivity contribution in [3.8, 4) is 0 Å². The lowest BCUT2D eigenvalue weighted by Crippen LogP contribution is -2.45. The van der Waals surface area contributed by atoms with Gasteiger partial charge in [-0.1, -0.05) is 11.6 Å². The summed E-state index contributed by atoms with van der Waals surface area (Å²) in [7, 11) is 0. The second kappa shape index (κ2) is 7.14. The van der Waals surface area contributed by atoms with Crippen LogP contribution in [0.1, 0.15) is 26.5 Å². The number of esters is 1. The van der Waals surface area contributed by atoms with Crippen LogP contribution in [0, 0.1) is 0 Å². The minimum absolute atomic E-state index is 0.203. The Labute approximate surface area is 122 Å². The number of H-pyrrole nitrogens is 1. The molecule has 0 saturated heterocycles. The summed E-state index contributed by atoms with van der Waals surface area (Å²) >= 11 is 5.36. The number of carbonyl (C=O) groups excluding carboxylic acids is 2. The molecule has 8 heteroatoms. The molecule has 0 saturated carbocycles. The number of aromatic amines is 1. The topological polar surface area (TPSA) is 93.3 Å². The highest BCUT2D eigenvalue weighted by molar-refractivity contribution is 6.17. The van der Waals surface area contributed by atoms with Gasteiger partial charge in [0.2, 0.25) is 0 Å². The largest absolute Gasteiger partial charge is 0.448 e. The molecule has 1 heterocycles. The van der Waals surface area contributed by atoms with Crippen LogP contribution in [-0.2, 0) is 20.7 Å². The first-order valence-corrected chi connectivity index (χ1v) is 6.54. The van der Waals surface area contributed by atoms with E-state index in [1.165, 1.54) is 6.33 Å². The number of rotatable bonds is 5. The van der Waals surface area contributed by atoms with Gasteiger partial charge in [-0.05, 0) is 20.8 Å². The van der Waals surface area contributed by atoms with Gasteiger partial charge in [-0.25, -0.2) is 14.6 Å². The third-order valence-corrected chi connectivity index (χ3v) is 2.26. The molecule has 1 aromatic rings. The van der Waals surface area contributed by atoms with Crippen LogP contribution in [0.25, 0.3) is 0 Å². The van der Waals surface area contributed by atoms with Gasteiger partial charge in [0, 0.05) is 18.3 Å². The molecule has 20 heavy (non-hydrogen) atoms. The summed E-state index contributed by atoms with van der Waals surface area (Å²) in [5.74, 6) is -0.638. The number of hydrogen-bond donors (Lipinski definition) is 2. The molecular formula is C12H18ClN3O4. The van der Waals surface area contributed by atoms with Gasteiger partial charge in [0.15, 0.2) is 6.07 Å². The molecule has 0 aliphatic rings. The summed E-state index contributed by atoms with van der Waals surface area (Å²) < 4.78 is 9.80. The number of ether oxygens (including phenoxy) is 2. The second-order valence-electron chi connectivity index (χ2n) is 5.05. The fourth-order valence-corrected chi connectivity index (χ4v) is 1.52. The van der Waals surface area contributed by atoms with Crippen molar-refractivity contribution in [2.24, 2.45) is 0 Å². The van der Waals surface area contributed by atoms with Crippen LogP contribution in [0.5, 0.6) is 0 Å². The molecular weight excluding hydrogens is 286 g/mol. The summed E-state index contributed by atoms with van der Waals surface area (Å²) in [4.78, 5) is 30.1. The zero-order chi connectivity index (χ0) is 15.2. The summed E-state index contributed by atoms with van der Waals surface area (Å²) in [6.07, 6.45) is 2.54. The van der Waals surface area contributed by atoms with E-state index < -0.39 is 23.7 Å². The lowest BCUT2D eigenvalue weighted by atomic mass is 10.1. The van der Waals surface area contributed by atoms with E-state index in [0.29, 0.717) is 5.69 Å². The number of alkyl carbamates (subject to hydrolysis) is 1. The standard InChI is InChI=1S/C12H18ClN3O4/c1-12(2,3)20-11(18)16-9(10(17)19-6-13)4-8-5-14-7-15-8/h5,7,9H,4,6H2,1-3H3,(H,14,15)(H,16,18). The molecule has 0 aromatic carbocycles. The van der Waals surface area contributed by atoms with Gasteiger partial charge in [-0.15, -0.1) is 0 Å². The van der Waals surface area contributed by atoms with E-state index in [1.807, 2.05) is 0 Å². The lowest BCUT2D eigenvalue weighted by molar-refractivity contribution is -0.144. The Bertz CT molecular complexity index is 442.